The highest BCUT2D eigenvalue weighted by Crippen LogP contribution is 2.14. The van der Waals surface area contributed by atoms with Crippen molar-refractivity contribution in [3.05, 3.63) is 41.8 Å². The van der Waals surface area contributed by atoms with Crippen molar-refractivity contribution in [1.29, 1.82) is 0 Å². The smallest absolute Gasteiger partial charge is 0.252 e. The lowest BCUT2D eigenvalue weighted by Crippen LogP contribution is -2.27. The van der Waals surface area contributed by atoms with Crippen LogP contribution in [-0.2, 0) is 0 Å². The number of nitrogens with zero attached hydrogens (tertiary/aromatic N) is 1. The molecule has 0 aliphatic rings. The molecule has 0 radical (unpaired) electrons. The topological polar surface area (TPSA) is 42.0 Å². The molecule has 1 N–H and O–H groups in total. The maximum Gasteiger partial charge on any atom is 0.252 e. The molecule has 1 aromatic carbocycles. The first-order valence-electron chi connectivity index (χ1n) is 5.90. The summed E-state index contributed by atoms with van der Waals surface area (Å²) in [6.07, 6.45) is 1.51. The number of nitrogens with one attached hydrogen (secondary N) is 1. The second kappa shape index (κ2) is 5.12. The molecule has 0 spiro atoms. The molecular weight excluding hydrogens is 231 g/mol. The normalized spacial score (nSPS) is 10.9. The van der Waals surface area contributed by atoms with E-state index in [9.17, 15) is 9.18 Å². The Hall–Kier alpha value is -1.97. The third kappa shape index (κ3) is 2.83. The fourth-order valence-electron chi connectivity index (χ4n) is 1.63. The van der Waals surface area contributed by atoms with Gasteiger partial charge in [-0.25, -0.2) is 4.39 Å². The summed E-state index contributed by atoms with van der Waals surface area (Å²) < 4.78 is 13.1. The van der Waals surface area contributed by atoms with E-state index in [4.69, 9.17) is 0 Å². The number of hydrogen-bond acceptors (Lipinski definition) is 2. The first-order chi connectivity index (χ1) is 8.56. The number of carbonyl (C=O) groups is 1. The van der Waals surface area contributed by atoms with Crippen molar-refractivity contribution in [2.75, 3.05) is 6.54 Å². The molecule has 0 aliphatic heterocycles. The largest absolute Gasteiger partial charge is 0.352 e. The van der Waals surface area contributed by atoms with Gasteiger partial charge in [-0.05, 0) is 30.2 Å². The molecule has 1 amide bonds. The lowest BCUT2D eigenvalue weighted by atomic mass is 10.1. The predicted molar refractivity (Wildman–Crippen MR) is 68.9 cm³/mol. The van der Waals surface area contributed by atoms with Crippen molar-refractivity contribution >= 4 is 16.8 Å². The third-order valence-electron chi connectivity index (χ3n) is 2.58. The van der Waals surface area contributed by atoms with Gasteiger partial charge < -0.3 is 5.32 Å². The minimum Gasteiger partial charge on any atom is -0.352 e. The summed E-state index contributed by atoms with van der Waals surface area (Å²) in [5.74, 6) is -0.119. The Morgan fingerprint density at radius 1 is 1.39 bits per heavy atom. The Bertz CT molecular complexity index is 581. The van der Waals surface area contributed by atoms with E-state index in [1.165, 1.54) is 18.3 Å². The molecule has 0 saturated carbocycles. The molecule has 18 heavy (non-hydrogen) atoms. The van der Waals surface area contributed by atoms with Crippen LogP contribution in [0.5, 0.6) is 0 Å². The highest BCUT2D eigenvalue weighted by molar-refractivity contribution is 5.97. The van der Waals surface area contributed by atoms with Gasteiger partial charge in [0.25, 0.3) is 5.91 Å². The molecule has 0 saturated heterocycles. The van der Waals surface area contributed by atoms with Gasteiger partial charge in [0, 0.05) is 18.1 Å². The second-order valence-electron chi connectivity index (χ2n) is 4.66. The predicted octanol–water partition coefficient (Wildman–Crippen LogP) is 2.76. The lowest BCUT2D eigenvalue weighted by molar-refractivity contribution is 0.0949. The van der Waals surface area contributed by atoms with Crippen molar-refractivity contribution in [2.24, 2.45) is 5.92 Å². The number of rotatable bonds is 3. The van der Waals surface area contributed by atoms with Crippen molar-refractivity contribution in [1.82, 2.24) is 10.3 Å². The van der Waals surface area contributed by atoms with E-state index < -0.39 is 0 Å². The van der Waals surface area contributed by atoms with E-state index >= 15 is 0 Å². The molecule has 0 bridgehead atoms. The van der Waals surface area contributed by atoms with Gasteiger partial charge >= 0.3 is 0 Å². The second-order valence-corrected chi connectivity index (χ2v) is 4.66. The molecule has 1 heterocycles. The Morgan fingerprint density at radius 2 is 2.17 bits per heavy atom. The molecule has 3 nitrogen and oxygen atoms in total. The van der Waals surface area contributed by atoms with Gasteiger partial charge in [-0.3, -0.25) is 9.78 Å². The Balaban J connectivity index is 2.26. The highest BCUT2D eigenvalue weighted by Gasteiger charge is 2.08. The van der Waals surface area contributed by atoms with Crippen molar-refractivity contribution in [3.63, 3.8) is 0 Å². The van der Waals surface area contributed by atoms with E-state index in [-0.39, 0.29) is 11.7 Å². The zero-order chi connectivity index (χ0) is 13.1. The van der Waals surface area contributed by atoms with Gasteiger partial charge in [-0.2, -0.15) is 0 Å². The van der Waals surface area contributed by atoms with Crippen molar-refractivity contribution < 1.29 is 9.18 Å². The van der Waals surface area contributed by atoms with E-state index in [1.807, 2.05) is 13.8 Å². The fourth-order valence-corrected chi connectivity index (χ4v) is 1.63. The molecule has 0 aliphatic carbocycles. The number of pyridine rings is 1. The van der Waals surface area contributed by atoms with Gasteiger partial charge in [0.1, 0.15) is 5.82 Å². The monoisotopic (exact) mass is 246 g/mol. The minimum absolute atomic E-state index is 0.178. The summed E-state index contributed by atoms with van der Waals surface area (Å²) in [6, 6.07) is 5.98. The van der Waals surface area contributed by atoms with Crippen LogP contribution < -0.4 is 5.32 Å². The van der Waals surface area contributed by atoms with Gasteiger partial charge in [-0.15, -0.1) is 0 Å². The van der Waals surface area contributed by atoms with E-state index in [2.05, 4.69) is 10.3 Å². The van der Waals surface area contributed by atoms with Crippen LogP contribution in [0, 0.1) is 11.7 Å². The average molecular weight is 246 g/mol. The van der Waals surface area contributed by atoms with Crippen LogP contribution in [0.25, 0.3) is 10.9 Å². The quantitative estimate of drug-likeness (QED) is 0.904. The van der Waals surface area contributed by atoms with Crippen LogP contribution in [0.4, 0.5) is 4.39 Å². The molecule has 4 heteroatoms. The number of hydrogen-bond donors (Lipinski definition) is 1. The van der Waals surface area contributed by atoms with Crippen LogP contribution in [0.15, 0.2) is 30.5 Å². The summed E-state index contributed by atoms with van der Waals surface area (Å²) in [5.41, 5.74) is 1.13. The number of aromatic nitrogens is 1. The standard InChI is InChI=1S/C14H15FN2O/c1-9(2)7-17-14(18)11-5-10-6-12(15)3-4-13(10)16-8-11/h3-6,8-9H,7H2,1-2H3,(H,17,18). The number of halogens is 1. The third-order valence-corrected chi connectivity index (χ3v) is 2.58. The zero-order valence-corrected chi connectivity index (χ0v) is 10.4. The van der Waals surface area contributed by atoms with Crippen LogP contribution in [0.1, 0.15) is 24.2 Å². The zero-order valence-electron chi connectivity index (χ0n) is 10.4. The van der Waals surface area contributed by atoms with Crippen LogP contribution >= 0.6 is 0 Å². The molecule has 0 atom stereocenters. The van der Waals surface area contributed by atoms with Crippen LogP contribution in [0.2, 0.25) is 0 Å². The van der Waals surface area contributed by atoms with E-state index in [1.54, 1.807) is 12.1 Å². The Kier molecular flexibility index (Phi) is 3.55. The lowest BCUT2D eigenvalue weighted by Gasteiger charge is -2.07. The Labute approximate surface area is 105 Å². The number of benzene rings is 1. The first-order valence-corrected chi connectivity index (χ1v) is 5.90. The molecule has 1 aromatic heterocycles. The summed E-state index contributed by atoms with van der Waals surface area (Å²) in [6.45, 7) is 4.66. The number of carbonyl (C=O) groups excluding carboxylic acids is 1. The maximum absolute atomic E-state index is 13.1. The maximum atomic E-state index is 13.1. The number of amides is 1. The molecule has 2 aromatic rings. The average Bonchev–Trinajstić information content (AvgIpc) is 2.34. The van der Waals surface area contributed by atoms with Gasteiger partial charge in [0.05, 0.1) is 11.1 Å². The van der Waals surface area contributed by atoms with Crippen LogP contribution in [-0.4, -0.2) is 17.4 Å². The molecular formula is C14H15FN2O. The van der Waals surface area contributed by atoms with Gasteiger partial charge in [-0.1, -0.05) is 13.8 Å². The molecule has 0 unspecified atom stereocenters. The fraction of sp³-hybridized carbons (Fsp3) is 0.286. The van der Waals surface area contributed by atoms with Crippen LogP contribution in [0.3, 0.4) is 0 Å². The van der Waals surface area contributed by atoms with E-state index in [0.29, 0.717) is 28.9 Å². The van der Waals surface area contributed by atoms with Gasteiger partial charge in [0.2, 0.25) is 0 Å². The Morgan fingerprint density at radius 3 is 2.89 bits per heavy atom. The van der Waals surface area contributed by atoms with Gasteiger partial charge in [0.15, 0.2) is 0 Å². The number of fused-ring (bicyclic) bond motifs is 1. The molecule has 2 rings (SSSR count). The van der Waals surface area contributed by atoms with Crippen molar-refractivity contribution in [2.45, 2.75) is 13.8 Å². The summed E-state index contributed by atoms with van der Waals surface area (Å²) in [7, 11) is 0. The van der Waals surface area contributed by atoms with Crippen molar-refractivity contribution in [3.8, 4) is 0 Å². The summed E-state index contributed by atoms with van der Waals surface area (Å²) in [4.78, 5) is 16.0. The highest BCUT2D eigenvalue weighted by atomic mass is 19.1. The molecule has 94 valence electrons. The molecule has 0 fully saturated rings. The summed E-state index contributed by atoms with van der Waals surface area (Å²) >= 11 is 0. The SMILES string of the molecule is CC(C)CNC(=O)c1cnc2ccc(F)cc2c1. The first kappa shape index (κ1) is 12.5. The minimum atomic E-state index is -0.330. The summed E-state index contributed by atoms with van der Waals surface area (Å²) in [5, 5.41) is 3.44. The van der Waals surface area contributed by atoms with E-state index in [0.717, 1.165) is 0 Å².